The van der Waals surface area contributed by atoms with E-state index in [1.165, 1.54) is 13.8 Å². The molecule has 82 valence electrons. The maximum absolute atomic E-state index is 11.1. The van der Waals surface area contributed by atoms with Crippen LogP contribution in [0.25, 0.3) is 0 Å². The van der Waals surface area contributed by atoms with Crippen LogP contribution in [0.5, 0.6) is 0 Å². The maximum Gasteiger partial charge on any atom is 0.224 e. The third-order valence-corrected chi connectivity index (χ3v) is 1.38. The first-order valence-electron chi connectivity index (χ1n) is 4.26. The predicted octanol–water partition coefficient (Wildman–Crippen LogP) is -1.67. The summed E-state index contributed by atoms with van der Waals surface area (Å²) in [6.07, 6.45) is -0.243. The minimum Gasteiger partial charge on any atom is -0.395 e. The lowest BCUT2D eigenvalue weighted by molar-refractivity contribution is -0.132. The van der Waals surface area contributed by atoms with Crippen LogP contribution in [-0.4, -0.2) is 40.9 Å². The van der Waals surface area contributed by atoms with Gasteiger partial charge < -0.3 is 20.8 Å². The Labute approximate surface area is 82.3 Å². The van der Waals surface area contributed by atoms with Crippen molar-refractivity contribution in [3.63, 3.8) is 0 Å². The molecule has 0 bridgehead atoms. The molecule has 6 nitrogen and oxygen atoms in total. The van der Waals surface area contributed by atoms with Crippen LogP contribution in [0.3, 0.4) is 0 Å². The van der Waals surface area contributed by atoms with Gasteiger partial charge in [-0.2, -0.15) is 0 Å². The highest BCUT2D eigenvalue weighted by atomic mass is 16.3. The Morgan fingerprint density at radius 3 is 2.43 bits per heavy atom. The first-order valence-corrected chi connectivity index (χ1v) is 4.26. The molecule has 0 saturated heterocycles. The van der Waals surface area contributed by atoms with E-state index in [4.69, 9.17) is 5.11 Å². The highest BCUT2D eigenvalue weighted by Crippen LogP contribution is 2.03. The van der Waals surface area contributed by atoms with Gasteiger partial charge in [0.1, 0.15) is 5.72 Å². The van der Waals surface area contributed by atoms with E-state index >= 15 is 0 Å². The van der Waals surface area contributed by atoms with Crippen LogP contribution in [0, 0.1) is 0 Å². The fourth-order valence-corrected chi connectivity index (χ4v) is 0.994. The Morgan fingerprint density at radius 2 is 2.00 bits per heavy atom. The van der Waals surface area contributed by atoms with E-state index in [0.29, 0.717) is 0 Å². The molecule has 14 heavy (non-hydrogen) atoms. The van der Waals surface area contributed by atoms with Crippen LogP contribution < -0.4 is 10.6 Å². The number of carbonyl (C=O) groups excluding carboxylic acids is 2. The quantitative estimate of drug-likeness (QED) is 0.402. The average molecular weight is 204 g/mol. The van der Waals surface area contributed by atoms with Crippen molar-refractivity contribution in [2.24, 2.45) is 0 Å². The van der Waals surface area contributed by atoms with Gasteiger partial charge in [0.25, 0.3) is 0 Å². The summed E-state index contributed by atoms with van der Waals surface area (Å²) in [7, 11) is 0. The number of hydrogen-bond acceptors (Lipinski definition) is 4. The summed E-state index contributed by atoms with van der Waals surface area (Å²) in [5.41, 5.74) is -1.55. The van der Waals surface area contributed by atoms with E-state index < -0.39 is 17.5 Å². The van der Waals surface area contributed by atoms with Gasteiger partial charge in [-0.1, -0.05) is 0 Å². The molecule has 0 radical (unpaired) electrons. The summed E-state index contributed by atoms with van der Waals surface area (Å²) in [4.78, 5) is 21.7. The molecule has 0 spiro atoms. The molecule has 0 aromatic heterocycles. The van der Waals surface area contributed by atoms with Crippen LogP contribution in [0.2, 0.25) is 0 Å². The highest BCUT2D eigenvalue weighted by molar-refractivity contribution is 5.79. The lowest BCUT2D eigenvalue weighted by Gasteiger charge is -2.23. The zero-order valence-electron chi connectivity index (χ0n) is 8.33. The summed E-state index contributed by atoms with van der Waals surface area (Å²) in [5.74, 6) is -0.845. The maximum atomic E-state index is 11.1. The second kappa shape index (κ2) is 5.56. The molecule has 0 aliphatic rings. The molecule has 0 aliphatic carbocycles. The van der Waals surface area contributed by atoms with E-state index in [0.717, 1.165) is 0 Å². The first kappa shape index (κ1) is 12.9. The number of hydrogen-bond donors (Lipinski definition) is 4. The summed E-state index contributed by atoms with van der Waals surface area (Å²) in [6.45, 7) is 2.55. The smallest absolute Gasteiger partial charge is 0.224 e. The van der Waals surface area contributed by atoms with Crippen molar-refractivity contribution in [3.8, 4) is 0 Å². The number of nitrogens with one attached hydrogen (secondary N) is 2. The monoisotopic (exact) mass is 204 g/mol. The number of amides is 2. The zero-order chi connectivity index (χ0) is 11.2. The Balaban J connectivity index is 3.95. The van der Waals surface area contributed by atoms with Gasteiger partial charge in [-0.15, -0.1) is 0 Å². The van der Waals surface area contributed by atoms with Crippen LogP contribution in [0.15, 0.2) is 0 Å². The van der Waals surface area contributed by atoms with Gasteiger partial charge in [-0.25, -0.2) is 0 Å². The van der Waals surface area contributed by atoms with Crippen molar-refractivity contribution < 1.29 is 19.8 Å². The van der Waals surface area contributed by atoms with Gasteiger partial charge in [-0.3, -0.25) is 9.59 Å². The SMILES string of the molecule is CC(=O)NC(C)(O)CC(=O)NCCO. The molecular weight excluding hydrogens is 188 g/mol. The molecule has 0 saturated carbocycles. The van der Waals surface area contributed by atoms with Crippen LogP contribution in [-0.2, 0) is 9.59 Å². The Morgan fingerprint density at radius 1 is 1.43 bits per heavy atom. The fraction of sp³-hybridized carbons (Fsp3) is 0.750. The van der Waals surface area contributed by atoms with Crippen molar-refractivity contribution in [3.05, 3.63) is 0 Å². The normalized spacial score (nSPS) is 14.3. The van der Waals surface area contributed by atoms with Crippen molar-refractivity contribution in [2.45, 2.75) is 26.0 Å². The Hall–Kier alpha value is -1.14. The van der Waals surface area contributed by atoms with Crippen molar-refractivity contribution in [1.29, 1.82) is 0 Å². The fourth-order valence-electron chi connectivity index (χ4n) is 0.994. The molecule has 1 unspecified atom stereocenters. The first-order chi connectivity index (χ1) is 6.37. The number of aliphatic hydroxyl groups is 2. The minimum atomic E-state index is -1.55. The van der Waals surface area contributed by atoms with E-state index in [1.54, 1.807) is 0 Å². The molecule has 4 N–H and O–H groups in total. The van der Waals surface area contributed by atoms with E-state index in [1.807, 2.05) is 0 Å². The summed E-state index contributed by atoms with van der Waals surface area (Å²) < 4.78 is 0. The highest BCUT2D eigenvalue weighted by Gasteiger charge is 2.24. The summed E-state index contributed by atoms with van der Waals surface area (Å²) in [5, 5.41) is 22.5. The lowest BCUT2D eigenvalue weighted by Crippen LogP contribution is -2.48. The Kier molecular flexibility index (Phi) is 5.11. The van der Waals surface area contributed by atoms with Crippen molar-refractivity contribution in [1.82, 2.24) is 10.6 Å². The molecule has 6 heteroatoms. The average Bonchev–Trinajstić information content (AvgIpc) is 1.96. The predicted molar refractivity (Wildman–Crippen MR) is 49.2 cm³/mol. The standard InChI is InChI=1S/C8H16N2O4/c1-6(12)10-8(2,14)5-7(13)9-3-4-11/h11,14H,3-5H2,1-2H3,(H,9,13)(H,10,12). The van der Waals surface area contributed by atoms with Gasteiger partial charge >= 0.3 is 0 Å². The van der Waals surface area contributed by atoms with Gasteiger partial charge in [0.15, 0.2) is 0 Å². The number of rotatable bonds is 5. The Bertz CT molecular complexity index is 215. The molecule has 0 rings (SSSR count). The largest absolute Gasteiger partial charge is 0.395 e. The van der Waals surface area contributed by atoms with Crippen molar-refractivity contribution in [2.75, 3.05) is 13.2 Å². The summed E-state index contributed by atoms with van der Waals surface area (Å²) >= 11 is 0. The third-order valence-electron chi connectivity index (χ3n) is 1.38. The van der Waals surface area contributed by atoms with Crippen LogP contribution >= 0.6 is 0 Å². The van der Waals surface area contributed by atoms with E-state index in [9.17, 15) is 14.7 Å². The van der Waals surface area contributed by atoms with Crippen molar-refractivity contribution >= 4 is 11.8 Å². The van der Waals surface area contributed by atoms with Crippen LogP contribution in [0.1, 0.15) is 20.3 Å². The number of aliphatic hydroxyl groups excluding tert-OH is 1. The van der Waals surface area contributed by atoms with E-state index in [2.05, 4.69) is 10.6 Å². The molecule has 0 aromatic carbocycles. The molecule has 0 fully saturated rings. The molecule has 0 heterocycles. The second-order valence-electron chi connectivity index (χ2n) is 3.21. The van der Waals surface area contributed by atoms with Gasteiger partial charge in [0.05, 0.1) is 13.0 Å². The molecule has 2 amide bonds. The van der Waals surface area contributed by atoms with Gasteiger partial charge in [0.2, 0.25) is 11.8 Å². The van der Waals surface area contributed by atoms with Gasteiger partial charge in [0, 0.05) is 13.5 Å². The topological polar surface area (TPSA) is 98.7 Å². The summed E-state index contributed by atoms with van der Waals surface area (Å²) in [6, 6.07) is 0. The molecule has 0 aromatic rings. The molecular formula is C8H16N2O4. The third kappa shape index (κ3) is 6.38. The van der Waals surface area contributed by atoms with E-state index in [-0.39, 0.29) is 19.6 Å². The number of carbonyl (C=O) groups is 2. The lowest BCUT2D eigenvalue weighted by atomic mass is 10.1. The molecule has 1 atom stereocenters. The molecule has 0 aliphatic heterocycles. The minimum absolute atomic E-state index is 0.134. The van der Waals surface area contributed by atoms with Crippen LogP contribution in [0.4, 0.5) is 0 Å². The van der Waals surface area contributed by atoms with Gasteiger partial charge in [-0.05, 0) is 6.92 Å². The second-order valence-corrected chi connectivity index (χ2v) is 3.21. The zero-order valence-corrected chi connectivity index (χ0v) is 8.33.